The monoisotopic (exact) mass is 273 g/mol. The molecule has 2 aromatic rings. The van der Waals surface area contributed by atoms with Crippen LogP contribution >= 0.6 is 0 Å². The summed E-state index contributed by atoms with van der Waals surface area (Å²) in [7, 11) is 1.81. The van der Waals surface area contributed by atoms with Gasteiger partial charge >= 0.3 is 0 Å². The third-order valence-electron chi connectivity index (χ3n) is 3.25. The first-order valence-corrected chi connectivity index (χ1v) is 6.68. The molecule has 0 unspecified atom stereocenters. The van der Waals surface area contributed by atoms with Crippen LogP contribution in [-0.4, -0.2) is 45.0 Å². The van der Waals surface area contributed by atoms with E-state index in [0.29, 0.717) is 18.8 Å². The number of aryl methyl sites for hydroxylation is 1. The highest BCUT2D eigenvalue weighted by Gasteiger charge is 2.16. The number of hydrogen-bond donors (Lipinski definition) is 1. The zero-order valence-corrected chi connectivity index (χ0v) is 11.8. The minimum Gasteiger partial charge on any atom is -0.345 e. The first kappa shape index (κ1) is 14.2. The van der Waals surface area contributed by atoms with Gasteiger partial charge in [-0.15, -0.1) is 10.2 Å². The summed E-state index contributed by atoms with van der Waals surface area (Å²) >= 11 is 0. The predicted octanol–water partition coefficient (Wildman–Crippen LogP) is 1.39. The summed E-state index contributed by atoms with van der Waals surface area (Å²) in [6.45, 7) is 2.57. The number of nitrogens with zero attached hydrogens (tertiary/aromatic N) is 4. The second-order valence-corrected chi connectivity index (χ2v) is 4.93. The second kappa shape index (κ2) is 6.79. The molecule has 0 aliphatic heterocycles. The molecule has 0 fully saturated rings. The summed E-state index contributed by atoms with van der Waals surface area (Å²) in [4.78, 5) is 13.8. The van der Waals surface area contributed by atoms with Gasteiger partial charge in [0.1, 0.15) is 0 Å². The molecule has 0 bridgehead atoms. The van der Waals surface area contributed by atoms with Gasteiger partial charge in [-0.3, -0.25) is 4.79 Å². The largest absolute Gasteiger partial charge is 0.345 e. The van der Waals surface area contributed by atoms with Crippen molar-refractivity contribution in [1.29, 1.82) is 0 Å². The van der Waals surface area contributed by atoms with E-state index in [2.05, 4.69) is 20.6 Å². The van der Waals surface area contributed by atoms with Crippen molar-refractivity contribution in [3.8, 4) is 0 Å². The van der Waals surface area contributed by atoms with Crippen molar-refractivity contribution < 1.29 is 4.79 Å². The molecule has 1 aromatic heterocycles. The molecule has 106 valence electrons. The first-order chi connectivity index (χ1) is 9.66. The van der Waals surface area contributed by atoms with Crippen LogP contribution in [0, 0.1) is 0 Å². The maximum atomic E-state index is 12.1. The second-order valence-electron chi connectivity index (χ2n) is 4.93. The van der Waals surface area contributed by atoms with E-state index in [9.17, 15) is 4.79 Å². The molecule has 6 nitrogen and oxygen atoms in total. The third-order valence-corrected chi connectivity index (χ3v) is 3.25. The SMILES string of the molecule is C[C@@H](CN(C)C(=O)CCc1ccccc1)c1nn[nH]n1. The molecule has 0 spiro atoms. The lowest BCUT2D eigenvalue weighted by Gasteiger charge is -2.19. The van der Waals surface area contributed by atoms with Gasteiger partial charge in [0.2, 0.25) is 5.91 Å². The fourth-order valence-corrected chi connectivity index (χ4v) is 2.06. The lowest BCUT2D eigenvalue weighted by Crippen LogP contribution is -2.30. The van der Waals surface area contributed by atoms with Crippen LogP contribution in [0.2, 0.25) is 0 Å². The van der Waals surface area contributed by atoms with E-state index in [4.69, 9.17) is 0 Å². The molecule has 1 N–H and O–H groups in total. The van der Waals surface area contributed by atoms with Gasteiger partial charge in [0.25, 0.3) is 0 Å². The fraction of sp³-hybridized carbons (Fsp3) is 0.429. The van der Waals surface area contributed by atoms with Gasteiger partial charge in [0.15, 0.2) is 5.82 Å². The molecule has 1 aromatic carbocycles. The van der Waals surface area contributed by atoms with E-state index in [-0.39, 0.29) is 11.8 Å². The quantitative estimate of drug-likeness (QED) is 0.863. The Bertz CT molecular complexity index is 526. The summed E-state index contributed by atoms with van der Waals surface area (Å²) in [5, 5.41) is 13.8. The molecule has 1 amide bonds. The van der Waals surface area contributed by atoms with Crippen molar-refractivity contribution >= 4 is 5.91 Å². The van der Waals surface area contributed by atoms with Gasteiger partial charge in [-0.25, -0.2) is 0 Å². The Morgan fingerprint density at radius 1 is 1.35 bits per heavy atom. The molecule has 0 saturated carbocycles. The molecule has 0 saturated heterocycles. The maximum Gasteiger partial charge on any atom is 0.222 e. The number of likely N-dealkylation sites (N-methyl/N-ethyl adjacent to an activating group) is 1. The summed E-state index contributed by atoms with van der Waals surface area (Å²) in [5.74, 6) is 0.830. The van der Waals surface area contributed by atoms with E-state index in [1.54, 1.807) is 4.90 Å². The Morgan fingerprint density at radius 3 is 2.75 bits per heavy atom. The van der Waals surface area contributed by atoms with E-state index in [1.807, 2.05) is 44.3 Å². The van der Waals surface area contributed by atoms with Crippen molar-refractivity contribution in [1.82, 2.24) is 25.5 Å². The lowest BCUT2D eigenvalue weighted by atomic mass is 10.1. The average Bonchev–Trinajstić information content (AvgIpc) is 3.00. The number of hydrogen-bond acceptors (Lipinski definition) is 4. The minimum atomic E-state index is 0.0689. The van der Waals surface area contributed by atoms with Gasteiger partial charge in [0, 0.05) is 25.9 Å². The zero-order valence-electron chi connectivity index (χ0n) is 11.8. The molecule has 1 atom stereocenters. The van der Waals surface area contributed by atoms with Gasteiger partial charge in [-0.1, -0.05) is 42.5 Å². The van der Waals surface area contributed by atoms with Crippen LogP contribution in [0.1, 0.15) is 30.7 Å². The lowest BCUT2D eigenvalue weighted by molar-refractivity contribution is -0.130. The molecule has 2 rings (SSSR count). The molecule has 1 heterocycles. The van der Waals surface area contributed by atoms with Gasteiger partial charge in [-0.05, 0) is 12.0 Å². The molecular weight excluding hydrogens is 254 g/mol. The van der Waals surface area contributed by atoms with Crippen molar-refractivity contribution in [2.24, 2.45) is 0 Å². The molecular formula is C14H19N5O. The van der Waals surface area contributed by atoms with Gasteiger partial charge < -0.3 is 4.90 Å². The van der Waals surface area contributed by atoms with Crippen LogP contribution in [-0.2, 0) is 11.2 Å². The van der Waals surface area contributed by atoms with Crippen molar-refractivity contribution in [3.63, 3.8) is 0 Å². The number of amides is 1. The van der Waals surface area contributed by atoms with E-state index in [0.717, 1.165) is 6.42 Å². The number of carbonyl (C=O) groups is 1. The number of nitrogens with one attached hydrogen (secondary N) is 1. The smallest absolute Gasteiger partial charge is 0.222 e. The number of aromatic amines is 1. The summed E-state index contributed by atoms with van der Waals surface area (Å²) < 4.78 is 0. The Kier molecular flexibility index (Phi) is 4.81. The number of H-pyrrole nitrogens is 1. The van der Waals surface area contributed by atoms with E-state index < -0.39 is 0 Å². The van der Waals surface area contributed by atoms with Crippen molar-refractivity contribution in [3.05, 3.63) is 41.7 Å². The Morgan fingerprint density at radius 2 is 2.10 bits per heavy atom. The summed E-state index contributed by atoms with van der Waals surface area (Å²) in [6, 6.07) is 10.0. The van der Waals surface area contributed by atoms with Crippen LogP contribution in [0.4, 0.5) is 0 Å². The highest BCUT2D eigenvalue weighted by molar-refractivity contribution is 5.76. The molecule has 0 radical (unpaired) electrons. The van der Waals surface area contributed by atoms with Crippen LogP contribution in [0.3, 0.4) is 0 Å². The molecule has 0 aliphatic carbocycles. The zero-order chi connectivity index (χ0) is 14.4. The van der Waals surface area contributed by atoms with Crippen molar-refractivity contribution in [2.75, 3.05) is 13.6 Å². The third kappa shape index (κ3) is 3.88. The molecule has 20 heavy (non-hydrogen) atoms. The van der Waals surface area contributed by atoms with Crippen LogP contribution in [0.5, 0.6) is 0 Å². The highest BCUT2D eigenvalue weighted by Crippen LogP contribution is 2.11. The normalized spacial score (nSPS) is 12.1. The Hall–Kier alpha value is -2.24. The maximum absolute atomic E-state index is 12.1. The molecule has 6 heteroatoms. The molecule has 0 aliphatic rings. The van der Waals surface area contributed by atoms with Gasteiger partial charge in [0.05, 0.1) is 0 Å². The van der Waals surface area contributed by atoms with Crippen LogP contribution < -0.4 is 0 Å². The highest BCUT2D eigenvalue weighted by atomic mass is 16.2. The predicted molar refractivity (Wildman–Crippen MR) is 75.0 cm³/mol. The van der Waals surface area contributed by atoms with Crippen LogP contribution in [0.15, 0.2) is 30.3 Å². The Labute approximate surface area is 118 Å². The average molecular weight is 273 g/mol. The number of aromatic nitrogens is 4. The fourth-order valence-electron chi connectivity index (χ4n) is 2.06. The summed E-state index contributed by atoms with van der Waals surface area (Å²) in [6.07, 6.45) is 1.28. The summed E-state index contributed by atoms with van der Waals surface area (Å²) in [5.41, 5.74) is 1.18. The van der Waals surface area contributed by atoms with Gasteiger partial charge in [-0.2, -0.15) is 5.21 Å². The Balaban J connectivity index is 1.80. The number of rotatable bonds is 6. The van der Waals surface area contributed by atoms with Crippen LogP contribution in [0.25, 0.3) is 0 Å². The van der Waals surface area contributed by atoms with E-state index >= 15 is 0 Å². The topological polar surface area (TPSA) is 74.8 Å². The minimum absolute atomic E-state index is 0.0689. The standard InChI is InChI=1S/C14H19N5O/c1-11(14-15-17-18-16-14)10-19(2)13(20)9-8-12-6-4-3-5-7-12/h3-7,11H,8-10H2,1-2H3,(H,15,16,17,18)/t11-/m0/s1. The van der Waals surface area contributed by atoms with Crippen molar-refractivity contribution in [2.45, 2.75) is 25.7 Å². The van der Waals surface area contributed by atoms with E-state index in [1.165, 1.54) is 5.56 Å². The number of benzene rings is 1. The first-order valence-electron chi connectivity index (χ1n) is 6.68. The number of carbonyl (C=O) groups excluding carboxylic acids is 1. The number of tetrazole rings is 1.